The molecule has 2 aromatic heterocycles. The first-order valence-electron chi connectivity index (χ1n) is 8.56. The van der Waals surface area contributed by atoms with Crippen molar-refractivity contribution in [2.75, 3.05) is 0 Å². The molecule has 5 heteroatoms. The highest BCUT2D eigenvalue weighted by Gasteiger charge is 2.18. The minimum Gasteiger partial charge on any atom is -0.295 e. The first-order chi connectivity index (χ1) is 11.9. The lowest BCUT2D eigenvalue weighted by atomic mass is 9.90. The summed E-state index contributed by atoms with van der Waals surface area (Å²) in [5, 5.41) is 4.59. The summed E-state index contributed by atoms with van der Waals surface area (Å²) in [6.45, 7) is 0. The van der Waals surface area contributed by atoms with Gasteiger partial charge in [-0.25, -0.2) is 9.97 Å². The summed E-state index contributed by atoms with van der Waals surface area (Å²) in [6, 6.07) is 10.4. The Morgan fingerprint density at radius 1 is 1.12 bits per heavy atom. The van der Waals surface area contributed by atoms with Gasteiger partial charge in [0.15, 0.2) is 5.16 Å². The number of benzene rings is 1. The quantitative estimate of drug-likeness (QED) is 0.553. The zero-order chi connectivity index (χ0) is 16.2. The van der Waals surface area contributed by atoms with Gasteiger partial charge in [-0.3, -0.25) is 4.57 Å². The number of para-hydroxylation sites is 1. The summed E-state index contributed by atoms with van der Waals surface area (Å²) in [5.74, 6) is 1.58. The van der Waals surface area contributed by atoms with Gasteiger partial charge in [-0.15, -0.1) is 11.3 Å². The Hall–Kier alpha value is -1.59. The summed E-state index contributed by atoms with van der Waals surface area (Å²) >= 11 is 3.60. The van der Waals surface area contributed by atoms with Crippen LogP contribution in [0.25, 0.3) is 5.69 Å². The number of thioether (sulfide) groups is 1. The molecule has 0 spiro atoms. The normalized spacial score (nSPS) is 15.7. The molecule has 1 aromatic carbocycles. The minimum absolute atomic E-state index is 0.703. The molecule has 1 fully saturated rings. The molecule has 1 aliphatic carbocycles. The monoisotopic (exact) mass is 355 g/mol. The molecule has 0 unspecified atom stereocenters. The van der Waals surface area contributed by atoms with Crippen molar-refractivity contribution in [1.29, 1.82) is 0 Å². The molecule has 2 heterocycles. The molecular formula is C19H21N3S2. The Morgan fingerprint density at radius 2 is 1.96 bits per heavy atom. The predicted molar refractivity (Wildman–Crippen MR) is 101 cm³/mol. The minimum atomic E-state index is 0.703. The van der Waals surface area contributed by atoms with Gasteiger partial charge in [0.1, 0.15) is 0 Å². The number of hydrogen-bond donors (Lipinski definition) is 0. The third-order valence-electron chi connectivity index (χ3n) is 4.51. The van der Waals surface area contributed by atoms with Crippen LogP contribution in [-0.2, 0) is 5.75 Å². The fraction of sp³-hybridized carbons (Fsp3) is 0.368. The molecule has 0 radical (unpaired) electrons. The summed E-state index contributed by atoms with van der Waals surface area (Å²) in [7, 11) is 0. The van der Waals surface area contributed by atoms with E-state index in [1.807, 2.05) is 29.8 Å². The average molecular weight is 356 g/mol. The highest BCUT2D eigenvalue weighted by molar-refractivity contribution is 7.98. The zero-order valence-corrected chi connectivity index (χ0v) is 15.2. The van der Waals surface area contributed by atoms with Crippen molar-refractivity contribution in [3.05, 3.63) is 58.8 Å². The lowest BCUT2D eigenvalue weighted by Crippen LogP contribution is -2.04. The fourth-order valence-corrected chi connectivity index (χ4v) is 5.21. The van der Waals surface area contributed by atoms with Crippen LogP contribution in [0.1, 0.15) is 48.7 Å². The first kappa shape index (κ1) is 15.9. The number of thiazole rings is 1. The lowest BCUT2D eigenvalue weighted by molar-refractivity contribution is 0.442. The van der Waals surface area contributed by atoms with Crippen molar-refractivity contribution in [1.82, 2.24) is 14.5 Å². The van der Waals surface area contributed by atoms with Crippen molar-refractivity contribution in [2.45, 2.75) is 48.9 Å². The maximum Gasteiger partial charge on any atom is 0.172 e. The van der Waals surface area contributed by atoms with Gasteiger partial charge >= 0.3 is 0 Å². The molecule has 124 valence electrons. The standard InChI is InChI=1S/C19H21N3S2/c1-3-7-15(8-4-1)18-21-16(13-23-18)14-24-19-20-11-12-22(19)17-9-5-2-6-10-17/h2,5-6,9-13,15H,1,3-4,7-8,14H2. The Morgan fingerprint density at radius 3 is 2.79 bits per heavy atom. The number of nitrogens with zero attached hydrogens (tertiary/aromatic N) is 3. The second-order valence-corrected chi connectivity index (χ2v) is 8.05. The summed E-state index contributed by atoms with van der Waals surface area (Å²) in [4.78, 5) is 9.40. The summed E-state index contributed by atoms with van der Waals surface area (Å²) < 4.78 is 2.14. The molecule has 24 heavy (non-hydrogen) atoms. The van der Waals surface area contributed by atoms with Gasteiger partial charge in [0, 0.05) is 35.1 Å². The van der Waals surface area contributed by atoms with E-state index in [0.717, 1.165) is 16.6 Å². The van der Waals surface area contributed by atoms with Crippen LogP contribution < -0.4 is 0 Å². The van der Waals surface area contributed by atoms with Crippen LogP contribution in [0.15, 0.2) is 53.3 Å². The van der Waals surface area contributed by atoms with Gasteiger partial charge in [-0.2, -0.15) is 0 Å². The van der Waals surface area contributed by atoms with Crippen LogP contribution in [0.5, 0.6) is 0 Å². The molecule has 0 N–H and O–H groups in total. The smallest absolute Gasteiger partial charge is 0.172 e. The first-order valence-corrected chi connectivity index (χ1v) is 10.4. The molecule has 0 saturated heterocycles. The Bertz CT molecular complexity index is 773. The maximum atomic E-state index is 4.90. The van der Waals surface area contributed by atoms with Crippen LogP contribution in [0.4, 0.5) is 0 Å². The zero-order valence-electron chi connectivity index (χ0n) is 13.6. The van der Waals surface area contributed by atoms with Crippen LogP contribution in [0.2, 0.25) is 0 Å². The van der Waals surface area contributed by atoms with Crippen molar-refractivity contribution >= 4 is 23.1 Å². The van der Waals surface area contributed by atoms with Crippen LogP contribution in [-0.4, -0.2) is 14.5 Å². The second kappa shape index (κ2) is 7.53. The van der Waals surface area contributed by atoms with Crippen molar-refractivity contribution in [2.24, 2.45) is 0 Å². The Balaban J connectivity index is 1.43. The fourth-order valence-electron chi connectivity index (χ4n) is 3.25. The highest BCUT2D eigenvalue weighted by Crippen LogP contribution is 2.35. The van der Waals surface area contributed by atoms with E-state index in [2.05, 4.69) is 39.2 Å². The average Bonchev–Trinajstić information content (AvgIpc) is 3.31. The molecule has 3 aromatic rings. The van der Waals surface area contributed by atoms with E-state index >= 15 is 0 Å². The van der Waals surface area contributed by atoms with Gasteiger partial charge in [0.2, 0.25) is 0 Å². The highest BCUT2D eigenvalue weighted by atomic mass is 32.2. The molecule has 0 aliphatic heterocycles. The third-order valence-corrected chi connectivity index (χ3v) is 6.57. The van der Waals surface area contributed by atoms with E-state index in [1.165, 1.54) is 42.8 Å². The molecule has 4 rings (SSSR count). The number of hydrogen-bond acceptors (Lipinski definition) is 4. The maximum absolute atomic E-state index is 4.90. The van der Waals surface area contributed by atoms with E-state index in [4.69, 9.17) is 4.98 Å². The molecule has 0 bridgehead atoms. The second-order valence-electron chi connectivity index (χ2n) is 6.22. The van der Waals surface area contributed by atoms with Crippen molar-refractivity contribution < 1.29 is 0 Å². The summed E-state index contributed by atoms with van der Waals surface area (Å²) in [6.07, 6.45) is 10.6. The summed E-state index contributed by atoms with van der Waals surface area (Å²) in [5.41, 5.74) is 2.34. The number of imidazole rings is 1. The molecular weight excluding hydrogens is 334 g/mol. The lowest BCUT2D eigenvalue weighted by Gasteiger charge is -2.18. The van der Waals surface area contributed by atoms with E-state index in [9.17, 15) is 0 Å². The van der Waals surface area contributed by atoms with Gasteiger partial charge in [-0.1, -0.05) is 49.2 Å². The number of rotatable bonds is 5. The molecule has 1 aliphatic rings. The SMILES string of the molecule is c1ccc(-n2ccnc2SCc2csc(C3CCCCC3)n2)cc1. The van der Waals surface area contributed by atoms with Gasteiger partial charge in [0.05, 0.1) is 10.7 Å². The molecule has 3 nitrogen and oxygen atoms in total. The van der Waals surface area contributed by atoms with Crippen LogP contribution in [0.3, 0.4) is 0 Å². The van der Waals surface area contributed by atoms with E-state index < -0.39 is 0 Å². The third kappa shape index (κ3) is 3.57. The molecule has 0 amide bonds. The van der Waals surface area contributed by atoms with E-state index in [-0.39, 0.29) is 0 Å². The van der Waals surface area contributed by atoms with Gasteiger partial charge in [-0.05, 0) is 25.0 Å². The van der Waals surface area contributed by atoms with Crippen molar-refractivity contribution in [3.8, 4) is 5.69 Å². The van der Waals surface area contributed by atoms with E-state index in [0.29, 0.717) is 5.92 Å². The van der Waals surface area contributed by atoms with Gasteiger partial charge in [0.25, 0.3) is 0 Å². The van der Waals surface area contributed by atoms with Crippen molar-refractivity contribution in [3.63, 3.8) is 0 Å². The Kier molecular flexibility index (Phi) is 4.99. The predicted octanol–water partition coefficient (Wildman–Crippen LogP) is 5.67. The van der Waals surface area contributed by atoms with Crippen LogP contribution >= 0.6 is 23.1 Å². The molecule has 0 atom stereocenters. The topological polar surface area (TPSA) is 30.7 Å². The largest absolute Gasteiger partial charge is 0.295 e. The molecule has 1 saturated carbocycles. The van der Waals surface area contributed by atoms with Gasteiger partial charge < -0.3 is 0 Å². The number of aromatic nitrogens is 3. The van der Waals surface area contributed by atoms with Crippen LogP contribution in [0, 0.1) is 0 Å². The Labute approximate surface area is 151 Å². The van der Waals surface area contributed by atoms with E-state index in [1.54, 1.807) is 11.8 Å².